The number of amides is 1. The summed E-state index contributed by atoms with van der Waals surface area (Å²) >= 11 is 0. The quantitative estimate of drug-likeness (QED) is 0.917. The number of carbonyl (C=O) groups excluding carboxylic acids is 1. The van der Waals surface area contributed by atoms with Gasteiger partial charge in [-0.25, -0.2) is 0 Å². The summed E-state index contributed by atoms with van der Waals surface area (Å²) in [4.78, 5) is 12.4. The van der Waals surface area contributed by atoms with Gasteiger partial charge >= 0.3 is 0 Å². The topological polar surface area (TPSA) is 56.8 Å². The van der Waals surface area contributed by atoms with Crippen LogP contribution >= 0.6 is 0 Å². The van der Waals surface area contributed by atoms with Crippen LogP contribution in [0.15, 0.2) is 42.5 Å². The monoisotopic (exact) mass is 327 g/mol. The van der Waals surface area contributed by atoms with Crippen molar-refractivity contribution in [1.82, 2.24) is 5.32 Å². The molecule has 5 nitrogen and oxygen atoms in total. The Morgan fingerprint density at radius 1 is 1.17 bits per heavy atom. The smallest absolute Gasteiger partial charge is 0.251 e. The van der Waals surface area contributed by atoms with Crippen LogP contribution in [-0.2, 0) is 11.2 Å². The van der Waals surface area contributed by atoms with E-state index in [1.165, 1.54) is 5.56 Å². The maximum absolute atomic E-state index is 12.4. The van der Waals surface area contributed by atoms with Crippen LogP contribution in [0.4, 0.5) is 0 Å². The third-order valence-electron chi connectivity index (χ3n) is 4.19. The summed E-state index contributed by atoms with van der Waals surface area (Å²) < 4.78 is 16.2. The summed E-state index contributed by atoms with van der Waals surface area (Å²) in [5.41, 5.74) is 2.96. The second-order valence-electron chi connectivity index (χ2n) is 5.59. The summed E-state index contributed by atoms with van der Waals surface area (Å²) in [6, 6.07) is 13.3. The molecule has 1 heterocycles. The lowest BCUT2D eigenvalue weighted by Gasteiger charge is -2.26. The highest BCUT2D eigenvalue weighted by Gasteiger charge is 2.21. The van der Waals surface area contributed by atoms with Crippen molar-refractivity contribution in [2.24, 2.45) is 0 Å². The second-order valence-corrected chi connectivity index (χ2v) is 5.59. The zero-order chi connectivity index (χ0) is 16.9. The van der Waals surface area contributed by atoms with Crippen molar-refractivity contribution in [2.75, 3.05) is 27.4 Å². The van der Waals surface area contributed by atoms with Crippen molar-refractivity contribution < 1.29 is 19.0 Å². The van der Waals surface area contributed by atoms with E-state index in [0.29, 0.717) is 30.2 Å². The number of benzene rings is 2. The molecule has 1 aliphatic heterocycles. The fourth-order valence-corrected chi connectivity index (χ4v) is 2.91. The summed E-state index contributed by atoms with van der Waals surface area (Å²) in [6.45, 7) is 1.11. The van der Waals surface area contributed by atoms with Gasteiger partial charge < -0.3 is 19.5 Å². The number of nitrogens with one attached hydrogen (secondary N) is 1. The van der Waals surface area contributed by atoms with E-state index in [1.54, 1.807) is 32.4 Å². The van der Waals surface area contributed by atoms with Crippen molar-refractivity contribution in [3.63, 3.8) is 0 Å². The molecule has 126 valence electrons. The Labute approximate surface area is 141 Å². The average molecular weight is 327 g/mol. The number of hydrogen-bond donors (Lipinski definition) is 1. The summed E-state index contributed by atoms with van der Waals surface area (Å²) in [5.74, 6) is 0.964. The molecular weight excluding hydrogens is 306 g/mol. The van der Waals surface area contributed by atoms with Crippen LogP contribution in [-0.4, -0.2) is 33.3 Å². The molecule has 0 aliphatic carbocycles. The Hall–Kier alpha value is -2.53. The molecule has 3 rings (SSSR count). The van der Waals surface area contributed by atoms with Crippen molar-refractivity contribution in [1.29, 1.82) is 0 Å². The number of ether oxygens (including phenoxy) is 3. The third kappa shape index (κ3) is 3.36. The highest BCUT2D eigenvalue weighted by Crippen LogP contribution is 2.28. The molecule has 1 amide bonds. The minimum Gasteiger partial charge on any atom is -0.493 e. The zero-order valence-electron chi connectivity index (χ0n) is 13.9. The van der Waals surface area contributed by atoms with Gasteiger partial charge in [0.15, 0.2) is 11.5 Å². The van der Waals surface area contributed by atoms with Gasteiger partial charge in [-0.3, -0.25) is 4.79 Å². The van der Waals surface area contributed by atoms with E-state index in [-0.39, 0.29) is 12.0 Å². The molecular formula is C19H21NO4. The molecule has 1 N–H and O–H groups in total. The van der Waals surface area contributed by atoms with Gasteiger partial charge in [0.05, 0.1) is 20.8 Å². The molecule has 0 radical (unpaired) electrons. The zero-order valence-corrected chi connectivity index (χ0v) is 13.9. The van der Waals surface area contributed by atoms with E-state index >= 15 is 0 Å². The first-order chi connectivity index (χ1) is 11.7. The van der Waals surface area contributed by atoms with Crippen LogP contribution in [0.25, 0.3) is 0 Å². The van der Waals surface area contributed by atoms with Crippen molar-refractivity contribution >= 4 is 5.91 Å². The lowest BCUT2D eigenvalue weighted by molar-refractivity contribution is 0.0411. The number of rotatable bonds is 5. The highest BCUT2D eigenvalue weighted by atomic mass is 16.5. The predicted octanol–water partition coefficient (Wildman–Crippen LogP) is 2.75. The highest BCUT2D eigenvalue weighted by molar-refractivity contribution is 5.94. The van der Waals surface area contributed by atoms with Gasteiger partial charge in [-0.05, 0) is 35.7 Å². The number of methoxy groups -OCH3 is 2. The van der Waals surface area contributed by atoms with Crippen LogP contribution in [0, 0.1) is 0 Å². The van der Waals surface area contributed by atoms with Gasteiger partial charge in [0.1, 0.15) is 6.10 Å². The average Bonchev–Trinajstić information content (AvgIpc) is 2.65. The first-order valence-electron chi connectivity index (χ1n) is 7.92. The minimum absolute atomic E-state index is 0.112. The van der Waals surface area contributed by atoms with Crippen LogP contribution in [0.1, 0.15) is 27.6 Å². The van der Waals surface area contributed by atoms with E-state index in [2.05, 4.69) is 17.4 Å². The van der Waals surface area contributed by atoms with Crippen molar-refractivity contribution in [3.8, 4) is 11.5 Å². The first-order valence-corrected chi connectivity index (χ1v) is 7.92. The molecule has 2 aromatic rings. The molecule has 1 aliphatic rings. The van der Waals surface area contributed by atoms with Crippen LogP contribution in [0.2, 0.25) is 0 Å². The summed E-state index contributed by atoms with van der Waals surface area (Å²) in [7, 11) is 3.11. The fourth-order valence-electron chi connectivity index (χ4n) is 2.91. The molecule has 0 spiro atoms. The number of hydrogen-bond acceptors (Lipinski definition) is 4. The van der Waals surface area contributed by atoms with E-state index in [0.717, 1.165) is 12.0 Å². The molecule has 5 heteroatoms. The molecule has 1 atom stereocenters. The van der Waals surface area contributed by atoms with Crippen molar-refractivity contribution in [2.45, 2.75) is 12.5 Å². The van der Waals surface area contributed by atoms with Crippen molar-refractivity contribution in [3.05, 3.63) is 59.2 Å². The largest absolute Gasteiger partial charge is 0.493 e. The van der Waals surface area contributed by atoms with Gasteiger partial charge in [0.25, 0.3) is 5.91 Å². The molecule has 0 saturated carbocycles. The Bertz CT molecular complexity index is 729. The Kier molecular flexibility index (Phi) is 5.01. The third-order valence-corrected chi connectivity index (χ3v) is 4.19. The summed E-state index contributed by atoms with van der Waals surface area (Å²) in [6.07, 6.45) is 0.801. The Morgan fingerprint density at radius 2 is 1.96 bits per heavy atom. The second kappa shape index (κ2) is 7.36. The number of carbonyl (C=O) groups is 1. The SMILES string of the molecule is COc1ccc(C(=O)NC[C@H]2OCCc3ccccc32)cc1OC. The Balaban J connectivity index is 1.68. The van der Waals surface area contributed by atoms with E-state index in [1.807, 2.05) is 12.1 Å². The van der Waals surface area contributed by atoms with Gasteiger partial charge in [-0.15, -0.1) is 0 Å². The van der Waals surface area contributed by atoms with Gasteiger partial charge in [0.2, 0.25) is 0 Å². The molecule has 0 unspecified atom stereocenters. The number of fused-ring (bicyclic) bond motifs is 1. The molecule has 0 bridgehead atoms. The predicted molar refractivity (Wildman–Crippen MR) is 90.7 cm³/mol. The van der Waals surface area contributed by atoms with E-state index < -0.39 is 0 Å². The van der Waals surface area contributed by atoms with Gasteiger partial charge in [-0.1, -0.05) is 24.3 Å². The van der Waals surface area contributed by atoms with Crippen LogP contribution in [0.5, 0.6) is 11.5 Å². The first kappa shape index (κ1) is 16.3. The fraction of sp³-hybridized carbons (Fsp3) is 0.316. The molecule has 24 heavy (non-hydrogen) atoms. The molecule has 0 saturated heterocycles. The molecule has 2 aromatic carbocycles. The molecule has 0 aromatic heterocycles. The Morgan fingerprint density at radius 3 is 2.75 bits per heavy atom. The standard InChI is InChI=1S/C19H21NO4/c1-22-16-8-7-14(11-17(16)23-2)19(21)20-12-18-15-6-4-3-5-13(15)9-10-24-18/h3-8,11,18H,9-10,12H2,1-2H3,(H,20,21)/t18-/m1/s1. The van der Waals surface area contributed by atoms with E-state index in [4.69, 9.17) is 14.2 Å². The van der Waals surface area contributed by atoms with Gasteiger partial charge in [-0.2, -0.15) is 0 Å². The van der Waals surface area contributed by atoms with Crippen LogP contribution in [0.3, 0.4) is 0 Å². The maximum Gasteiger partial charge on any atom is 0.251 e. The van der Waals surface area contributed by atoms with Crippen LogP contribution < -0.4 is 14.8 Å². The van der Waals surface area contributed by atoms with Gasteiger partial charge in [0, 0.05) is 12.1 Å². The lowest BCUT2D eigenvalue weighted by Crippen LogP contribution is -2.31. The minimum atomic E-state index is -0.164. The normalized spacial score (nSPS) is 16.2. The molecule has 0 fully saturated rings. The van der Waals surface area contributed by atoms with E-state index in [9.17, 15) is 4.79 Å². The lowest BCUT2D eigenvalue weighted by atomic mass is 9.97. The maximum atomic E-state index is 12.4. The summed E-state index contributed by atoms with van der Waals surface area (Å²) in [5, 5.41) is 2.94.